The predicted octanol–water partition coefficient (Wildman–Crippen LogP) is 4.73. The molecule has 172 valence electrons. The molecule has 33 heavy (non-hydrogen) atoms. The van der Waals surface area contributed by atoms with Crippen LogP contribution in [0.1, 0.15) is 17.7 Å². The van der Waals surface area contributed by atoms with Crippen molar-refractivity contribution < 1.29 is 27.4 Å². The molecule has 0 saturated carbocycles. The smallest absolute Gasteiger partial charge is 0.395 e. The molecule has 2 aliphatic rings. The van der Waals surface area contributed by atoms with Crippen molar-refractivity contribution in [2.24, 2.45) is 4.99 Å². The zero-order chi connectivity index (χ0) is 23.0. The lowest BCUT2D eigenvalue weighted by atomic mass is 10.3. The minimum atomic E-state index is -3.72. The SMILES string of the molecule is O=C(/N=c1\sc(CNc2ccc(F)cc2)cn1-c1ccc2c(c1)OC(F)(F)O2)N1CCCC1. The summed E-state index contributed by atoms with van der Waals surface area (Å²) in [5.41, 5.74) is 1.22. The lowest BCUT2D eigenvalue weighted by Gasteiger charge is -2.10. The Hall–Kier alpha value is -3.47. The number of halogens is 3. The molecule has 5 rings (SSSR count). The normalized spacial score (nSPS) is 16.9. The van der Waals surface area contributed by atoms with Gasteiger partial charge in [-0.1, -0.05) is 11.3 Å². The van der Waals surface area contributed by atoms with Crippen molar-refractivity contribution in [3.8, 4) is 17.2 Å². The second kappa shape index (κ2) is 8.47. The number of nitrogens with zero attached hydrogens (tertiary/aromatic N) is 3. The molecule has 2 aromatic carbocycles. The predicted molar refractivity (Wildman–Crippen MR) is 115 cm³/mol. The van der Waals surface area contributed by atoms with E-state index in [-0.39, 0.29) is 23.3 Å². The van der Waals surface area contributed by atoms with Crippen molar-refractivity contribution in [1.29, 1.82) is 0 Å². The minimum absolute atomic E-state index is 0.0654. The Balaban J connectivity index is 1.47. The highest BCUT2D eigenvalue weighted by atomic mass is 32.1. The van der Waals surface area contributed by atoms with Crippen LogP contribution in [0.15, 0.2) is 53.7 Å². The molecule has 1 aromatic heterocycles. The Kier molecular flexibility index (Phi) is 5.49. The highest BCUT2D eigenvalue weighted by Crippen LogP contribution is 2.41. The fourth-order valence-electron chi connectivity index (χ4n) is 3.64. The molecule has 0 bridgehead atoms. The van der Waals surface area contributed by atoms with E-state index in [2.05, 4.69) is 19.8 Å². The lowest BCUT2D eigenvalue weighted by Crippen LogP contribution is -2.27. The third-order valence-electron chi connectivity index (χ3n) is 5.24. The van der Waals surface area contributed by atoms with Gasteiger partial charge in [0.05, 0.1) is 12.2 Å². The molecule has 0 spiro atoms. The number of nitrogens with one attached hydrogen (secondary N) is 1. The van der Waals surface area contributed by atoms with Gasteiger partial charge < -0.3 is 19.7 Å². The van der Waals surface area contributed by atoms with E-state index < -0.39 is 6.29 Å². The van der Waals surface area contributed by atoms with Crippen LogP contribution in [0.4, 0.5) is 23.7 Å². The summed E-state index contributed by atoms with van der Waals surface area (Å²) in [7, 11) is 0. The zero-order valence-corrected chi connectivity index (χ0v) is 18.1. The van der Waals surface area contributed by atoms with Gasteiger partial charge >= 0.3 is 12.3 Å². The van der Waals surface area contributed by atoms with E-state index in [1.807, 2.05) is 0 Å². The first-order valence-corrected chi connectivity index (χ1v) is 11.1. The Morgan fingerprint density at radius 2 is 1.82 bits per heavy atom. The second-order valence-electron chi connectivity index (χ2n) is 7.60. The summed E-state index contributed by atoms with van der Waals surface area (Å²) in [5, 5.41) is 3.19. The van der Waals surface area contributed by atoms with Crippen molar-refractivity contribution in [3.63, 3.8) is 0 Å². The first-order chi connectivity index (χ1) is 15.9. The van der Waals surface area contributed by atoms with Crippen LogP contribution >= 0.6 is 11.3 Å². The Labute approximate surface area is 190 Å². The number of ether oxygens (including phenoxy) is 2. The number of hydrogen-bond donors (Lipinski definition) is 1. The number of alkyl halides is 2. The van der Waals surface area contributed by atoms with Gasteiger partial charge in [0.25, 0.3) is 0 Å². The van der Waals surface area contributed by atoms with Gasteiger partial charge in [-0.2, -0.15) is 4.99 Å². The summed E-state index contributed by atoms with van der Waals surface area (Å²) >= 11 is 1.29. The van der Waals surface area contributed by atoms with Gasteiger partial charge in [-0.3, -0.25) is 4.57 Å². The third-order valence-corrected chi connectivity index (χ3v) is 6.23. The lowest BCUT2D eigenvalue weighted by molar-refractivity contribution is -0.286. The summed E-state index contributed by atoms with van der Waals surface area (Å²) in [6.45, 7) is 1.71. The standard InChI is InChI=1S/C22H19F3N4O3S/c23-14-3-5-15(6-4-14)26-12-17-13-29(21(33-17)27-20(30)28-9-1-2-10-28)16-7-8-18-19(11-16)32-22(24,25)31-18/h3-8,11,13,26H,1-2,9-10,12H2/b27-21-. The minimum Gasteiger partial charge on any atom is -0.395 e. The summed E-state index contributed by atoms with van der Waals surface area (Å²) in [6.07, 6.45) is -0.0692. The van der Waals surface area contributed by atoms with E-state index in [1.165, 1.54) is 35.6 Å². The van der Waals surface area contributed by atoms with Gasteiger partial charge in [0, 0.05) is 35.9 Å². The van der Waals surface area contributed by atoms with Crippen molar-refractivity contribution in [2.45, 2.75) is 25.7 Å². The number of fused-ring (bicyclic) bond motifs is 1. The molecule has 2 aliphatic heterocycles. The maximum atomic E-state index is 13.4. The molecule has 0 aliphatic carbocycles. The fraction of sp³-hybridized carbons (Fsp3) is 0.273. The molecular formula is C22H19F3N4O3S. The molecule has 1 fully saturated rings. The molecule has 2 amide bonds. The third kappa shape index (κ3) is 4.68. The molecular weight excluding hydrogens is 457 g/mol. The van der Waals surface area contributed by atoms with E-state index in [4.69, 9.17) is 0 Å². The summed E-state index contributed by atoms with van der Waals surface area (Å²) in [4.78, 5) is 19.9. The molecule has 1 N–H and O–H groups in total. The van der Waals surface area contributed by atoms with Crippen LogP contribution in [0.3, 0.4) is 0 Å². The van der Waals surface area contributed by atoms with Crippen LogP contribution in [0, 0.1) is 5.82 Å². The Bertz CT molecular complexity index is 1250. The summed E-state index contributed by atoms with van der Waals surface area (Å²) in [6, 6.07) is 10.0. The number of hydrogen-bond acceptors (Lipinski definition) is 5. The van der Waals surface area contributed by atoms with Crippen molar-refractivity contribution >= 4 is 23.1 Å². The average molecular weight is 476 g/mol. The number of urea groups is 1. The van der Waals surface area contributed by atoms with E-state index in [9.17, 15) is 18.0 Å². The first kappa shape index (κ1) is 21.4. The van der Waals surface area contributed by atoms with Crippen LogP contribution in [0.2, 0.25) is 0 Å². The van der Waals surface area contributed by atoms with Crippen molar-refractivity contribution in [1.82, 2.24) is 9.47 Å². The number of likely N-dealkylation sites (tertiary alicyclic amines) is 1. The highest BCUT2D eigenvalue weighted by Gasteiger charge is 2.43. The van der Waals surface area contributed by atoms with E-state index >= 15 is 0 Å². The fourth-order valence-corrected chi connectivity index (χ4v) is 4.56. The van der Waals surface area contributed by atoms with Crippen LogP contribution in [0.5, 0.6) is 11.5 Å². The zero-order valence-electron chi connectivity index (χ0n) is 17.3. The molecule has 11 heteroatoms. The number of rotatable bonds is 4. The van der Waals surface area contributed by atoms with Gasteiger partial charge in [-0.05, 0) is 49.2 Å². The Morgan fingerprint density at radius 3 is 2.58 bits per heavy atom. The number of benzene rings is 2. The number of carbonyl (C=O) groups excluding carboxylic acids is 1. The van der Waals surface area contributed by atoms with Gasteiger partial charge in [-0.25, -0.2) is 9.18 Å². The quantitative estimate of drug-likeness (QED) is 0.591. The number of thiazole rings is 1. The van der Waals surface area contributed by atoms with Crippen LogP contribution < -0.4 is 19.6 Å². The van der Waals surface area contributed by atoms with Crippen LogP contribution in [-0.2, 0) is 6.54 Å². The van der Waals surface area contributed by atoms with Crippen molar-refractivity contribution in [3.05, 3.63) is 64.2 Å². The first-order valence-electron chi connectivity index (χ1n) is 10.3. The van der Waals surface area contributed by atoms with Gasteiger partial charge in [-0.15, -0.1) is 8.78 Å². The maximum absolute atomic E-state index is 13.4. The molecule has 0 unspecified atom stereocenters. The monoisotopic (exact) mass is 476 g/mol. The summed E-state index contributed by atoms with van der Waals surface area (Å²) in [5.74, 6) is -0.493. The molecule has 3 aromatic rings. The van der Waals surface area contributed by atoms with E-state index in [0.717, 1.165) is 23.4 Å². The highest BCUT2D eigenvalue weighted by molar-refractivity contribution is 7.09. The number of carbonyl (C=O) groups is 1. The topological polar surface area (TPSA) is 68.1 Å². The van der Waals surface area contributed by atoms with Gasteiger partial charge in [0.15, 0.2) is 16.3 Å². The van der Waals surface area contributed by atoms with Gasteiger partial charge in [0.2, 0.25) is 0 Å². The molecule has 1 saturated heterocycles. The maximum Gasteiger partial charge on any atom is 0.586 e. The molecule has 3 heterocycles. The second-order valence-corrected chi connectivity index (χ2v) is 8.69. The summed E-state index contributed by atoms with van der Waals surface area (Å²) < 4.78 is 50.7. The largest absolute Gasteiger partial charge is 0.586 e. The Morgan fingerprint density at radius 1 is 1.09 bits per heavy atom. The van der Waals surface area contributed by atoms with Crippen LogP contribution in [0.25, 0.3) is 5.69 Å². The number of aromatic nitrogens is 1. The number of anilines is 1. The number of amides is 2. The average Bonchev–Trinajstić information content (AvgIpc) is 3.50. The van der Waals surface area contributed by atoms with E-state index in [1.54, 1.807) is 33.9 Å². The van der Waals surface area contributed by atoms with Crippen molar-refractivity contribution in [2.75, 3.05) is 18.4 Å². The van der Waals surface area contributed by atoms with Gasteiger partial charge in [0.1, 0.15) is 5.82 Å². The molecule has 0 atom stereocenters. The van der Waals surface area contributed by atoms with Crippen LogP contribution in [-0.4, -0.2) is 34.9 Å². The molecule has 7 nitrogen and oxygen atoms in total. The van der Waals surface area contributed by atoms with E-state index in [0.29, 0.717) is 30.1 Å². The molecule has 0 radical (unpaired) electrons.